The molecule has 0 unspecified atom stereocenters. The van der Waals surface area contributed by atoms with Gasteiger partial charge in [-0.15, -0.1) is 0 Å². The van der Waals surface area contributed by atoms with Crippen LogP contribution in [0.5, 0.6) is 0 Å². The molecule has 1 aromatic heterocycles. The molecule has 0 saturated carbocycles. The summed E-state index contributed by atoms with van der Waals surface area (Å²) >= 11 is 0. The monoisotopic (exact) mass is 573 g/mol. The largest absolute Gasteiger partial charge is 0.326 e. The minimum absolute atomic E-state index is 0.0972. The predicted octanol–water partition coefficient (Wildman–Crippen LogP) is 5.66. The van der Waals surface area contributed by atoms with Gasteiger partial charge in [0.25, 0.3) is 0 Å². The Hall–Kier alpha value is -5.58. The van der Waals surface area contributed by atoms with Crippen molar-refractivity contribution >= 4 is 57.9 Å². The molecular weight excluding hydrogens is 542 g/mol. The van der Waals surface area contributed by atoms with Crippen molar-refractivity contribution in [2.45, 2.75) is 39.5 Å². The molecule has 1 heterocycles. The number of carbonyl (C=O) groups is 2. The lowest BCUT2D eigenvalue weighted by molar-refractivity contribution is -0.115. The second-order valence-corrected chi connectivity index (χ2v) is 10.4. The number of para-hydroxylation sites is 1. The van der Waals surface area contributed by atoms with Crippen molar-refractivity contribution in [2.75, 3.05) is 26.8 Å². The third-order valence-corrected chi connectivity index (χ3v) is 7.10. The van der Waals surface area contributed by atoms with Crippen LogP contribution in [0.15, 0.2) is 83.0 Å². The van der Waals surface area contributed by atoms with Gasteiger partial charge in [0, 0.05) is 48.1 Å². The number of amides is 2. The molecule has 2 aliphatic carbocycles. The molecule has 2 amide bonds. The lowest BCUT2D eigenvalue weighted by Crippen LogP contribution is -2.08. The number of hydrogen-bond donors (Lipinski definition) is 5. The Morgan fingerprint density at radius 2 is 1.14 bits per heavy atom. The van der Waals surface area contributed by atoms with E-state index in [0.717, 1.165) is 76.4 Å². The zero-order valence-electron chi connectivity index (χ0n) is 23.9. The summed E-state index contributed by atoms with van der Waals surface area (Å²) in [6.07, 6.45) is 3.22. The van der Waals surface area contributed by atoms with E-state index in [0.29, 0.717) is 17.6 Å². The number of aromatic nitrogens is 2. The Balaban J connectivity index is 1.24. The second kappa shape index (κ2) is 12.1. The maximum atomic E-state index is 11.4. The number of nitrogens with one attached hydrogen (secondary N) is 5. The normalized spacial score (nSPS) is 15.1. The fraction of sp³-hybridized carbons (Fsp3) is 0.188. The zero-order valence-corrected chi connectivity index (χ0v) is 23.9. The highest BCUT2D eigenvalue weighted by atomic mass is 16.2. The number of hydrogen-bond acceptors (Lipinski definition) is 9. The van der Waals surface area contributed by atoms with E-state index in [1.807, 2.05) is 66.7 Å². The molecule has 0 spiro atoms. The van der Waals surface area contributed by atoms with E-state index in [-0.39, 0.29) is 11.8 Å². The van der Waals surface area contributed by atoms with Crippen LogP contribution in [-0.2, 0) is 22.4 Å². The summed E-state index contributed by atoms with van der Waals surface area (Å²) in [6, 6.07) is 23.2. The van der Waals surface area contributed by atoms with Crippen molar-refractivity contribution in [3.8, 4) is 0 Å². The maximum absolute atomic E-state index is 11.4. The SMILES string of the molecule is CC(=O)Nc1ccc2c(c1)CCC2=NNc1cc(NN=C2CCc3cc(NC(C)=O)ccc32)nc(Nc2ccccc2)n1. The van der Waals surface area contributed by atoms with Crippen molar-refractivity contribution < 1.29 is 9.59 Å². The van der Waals surface area contributed by atoms with Crippen LogP contribution >= 0.6 is 0 Å². The highest BCUT2D eigenvalue weighted by molar-refractivity contribution is 6.06. The summed E-state index contributed by atoms with van der Waals surface area (Å²) in [6.45, 7) is 3.00. The van der Waals surface area contributed by atoms with Gasteiger partial charge in [-0.3, -0.25) is 20.4 Å². The molecule has 11 heteroatoms. The molecule has 43 heavy (non-hydrogen) atoms. The maximum Gasteiger partial charge on any atom is 0.231 e. The average molecular weight is 574 g/mol. The summed E-state index contributed by atoms with van der Waals surface area (Å²) in [5.74, 6) is 1.19. The molecule has 0 radical (unpaired) electrons. The van der Waals surface area contributed by atoms with Crippen molar-refractivity contribution in [1.82, 2.24) is 9.97 Å². The summed E-state index contributed by atoms with van der Waals surface area (Å²) in [5, 5.41) is 18.3. The number of fused-ring (bicyclic) bond motifs is 2. The molecule has 4 aromatic rings. The number of anilines is 6. The highest BCUT2D eigenvalue weighted by Gasteiger charge is 2.20. The van der Waals surface area contributed by atoms with Crippen molar-refractivity contribution in [3.05, 3.63) is 95.1 Å². The minimum Gasteiger partial charge on any atom is -0.326 e. The number of aryl methyl sites for hydroxylation is 2. The van der Waals surface area contributed by atoms with E-state index in [1.165, 1.54) is 13.8 Å². The predicted molar refractivity (Wildman–Crippen MR) is 170 cm³/mol. The van der Waals surface area contributed by atoms with E-state index in [1.54, 1.807) is 6.07 Å². The minimum atomic E-state index is -0.0972. The summed E-state index contributed by atoms with van der Waals surface area (Å²) < 4.78 is 0. The molecule has 0 saturated heterocycles. The van der Waals surface area contributed by atoms with Crippen molar-refractivity contribution in [2.24, 2.45) is 10.2 Å². The molecule has 3 aromatic carbocycles. The number of carbonyl (C=O) groups excluding carboxylic acids is 2. The molecule has 5 N–H and O–H groups in total. The van der Waals surface area contributed by atoms with E-state index in [9.17, 15) is 9.59 Å². The molecule has 0 aliphatic heterocycles. The standard InChI is InChI=1S/C32H31N9O2/c1-19(42)33-24-10-12-26-21(16-24)8-14-28(26)38-40-30-18-31(37-32(36-30)35-23-6-4-3-5-7-23)41-39-29-15-9-22-17-25(34-20(2)43)11-13-27(22)29/h3-7,10-13,16-18H,8-9,14-15H2,1-2H3,(H,33,42)(H,34,43)(H3,35,36,37,40,41). The van der Waals surface area contributed by atoms with Crippen LogP contribution in [0.4, 0.5) is 34.6 Å². The molecule has 0 atom stereocenters. The van der Waals surface area contributed by atoms with E-state index in [4.69, 9.17) is 0 Å². The first-order chi connectivity index (χ1) is 20.9. The Labute approximate surface area is 248 Å². The second-order valence-electron chi connectivity index (χ2n) is 10.4. The Bertz CT molecular complexity index is 1660. The first-order valence-corrected chi connectivity index (χ1v) is 14.1. The Morgan fingerprint density at radius 3 is 1.63 bits per heavy atom. The van der Waals surface area contributed by atoms with Crippen LogP contribution in [0.2, 0.25) is 0 Å². The van der Waals surface area contributed by atoms with Crippen LogP contribution in [0.25, 0.3) is 0 Å². The third kappa shape index (κ3) is 6.67. The molecule has 6 rings (SSSR count). The smallest absolute Gasteiger partial charge is 0.231 e. The summed E-state index contributed by atoms with van der Waals surface area (Å²) in [5.41, 5.74) is 14.8. The van der Waals surface area contributed by atoms with Crippen LogP contribution in [-0.4, -0.2) is 33.2 Å². The van der Waals surface area contributed by atoms with E-state index < -0.39 is 0 Å². The van der Waals surface area contributed by atoms with Gasteiger partial charge in [-0.05, 0) is 73.2 Å². The quantitative estimate of drug-likeness (QED) is 0.171. The molecule has 0 fully saturated rings. The Morgan fingerprint density at radius 1 is 0.628 bits per heavy atom. The fourth-order valence-corrected chi connectivity index (χ4v) is 5.25. The first-order valence-electron chi connectivity index (χ1n) is 14.1. The van der Waals surface area contributed by atoms with Gasteiger partial charge in [0.2, 0.25) is 17.8 Å². The van der Waals surface area contributed by atoms with E-state index >= 15 is 0 Å². The molecule has 2 aliphatic rings. The van der Waals surface area contributed by atoms with Gasteiger partial charge < -0.3 is 16.0 Å². The van der Waals surface area contributed by atoms with Gasteiger partial charge in [-0.1, -0.05) is 30.3 Å². The first kappa shape index (κ1) is 27.6. The van der Waals surface area contributed by atoms with Gasteiger partial charge in [-0.25, -0.2) is 0 Å². The molecule has 216 valence electrons. The van der Waals surface area contributed by atoms with Crippen LogP contribution in [0, 0.1) is 0 Å². The molecule has 0 bridgehead atoms. The van der Waals surface area contributed by atoms with Gasteiger partial charge in [0.05, 0.1) is 11.4 Å². The van der Waals surface area contributed by atoms with Crippen LogP contribution in [0.3, 0.4) is 0 Å². The lowest BCUT2D eigenvalue weighted by atomic mass is 10.1. The fourth-order valence-electron chi connectivity index (χ4n) is 5.25. The summed E-state index contributed by atoms with van der Waals surface area (Å²) in [4.78, 5) is 32.1. The number of nitrogens with zero attached hydrogens (tertiary/aromatic N) is 4. The number of rotatable bonds is 8. The van der Waals surface area contributed by atoms with Crippen molar-refractivity contribution in [3.63, 3.8) is 0 Å². The zero-order chi connectivity index (χ0) is 29.8. The molecule has 11 nitrogen and oxygen atoms in total. The topological polar surface area (TPSA) is 145 Å². The molecular formula is C32H31N9O2. The number of hydrazone groups is 2. The van der Waals surface area contributed by atoms with Gasteiger partial charge in [0.15, 0.2) is 11.6 Å². The summed E-state index contributed by atoms with van der Waals surface area (Å²) in [7, 11) is 0. The van der Waals surface area contributed by atoms with Crippen LogP contribution < -0.4 is 26.8 Å². The van der Waals surface area contributed by atoms with Gasteiger partial charge in [-0.2, -0.15) is 20.2 Å². The van der Waals surface area contributed by atoms with Gasteiger partial charge in [0.1, 0.15) is 0 Å². The highest BCUT2D eigenvalue weighted by Crippen LogP contribution is 2.28. The lowest BCUT2D eigenvalue weighted by Gasteiger charge is -2.10. The third-order valence-electron chi connectivity index (χ3n) is 7.10. The Kier molecular flexibility index (Phi) is 7.77. The van der Waals surface area contributed by atoms with E-state index in [2.05, 4.69) is 47.0 Å². The van der Waals surface area contributed by atoms with Crippen LogP contribution in [0.1, 0.15) is 48.9 Å². The number of benzene rings is 3. The average Bonchev–Trinajstić information content (AvgIpc) is 3.58. The van der Waals surface area contributed by atoms with Gasteiger partial charge >= 0.3 is 0 Å². The van der Waals surface area contributed by atoms with Crippen molar-refractivity contribution in [1.29, 1.82) is 0 Å².